The van der Waals surface area contributed by atoms with Crippen LogP contribution in [0.1, 0.15) is 37.3 Å². The first kappa shape index (κ1) is 18.5. The monoisotopic (exact) mass is 429 g/mol. The van der Waals surface area contributed by atoms with Crippen LogP contribution in [0, 0.1) is 6.92 Å². The van der Waals surface area contributed by atoms with Crippen LogP contribution in [-0.4, -0.2) is 37.3 Å². The van der Waals surface area contributed by atoms with Crippen molar-refractivity contribution in [2.45, 2.75) is 57.8 Å². The lowest BCUT2D eigenvalue weighted by molar-refractivity contribution is 0.0992. The van der Waals surface area contributed by atoms with Crippen molar-refractivity contribution in [1.29, 1.82) is 0 Å². The van der Waals surface area contributed by atoms with E-state index in [9.17, 15) is 0 Å². The fourth-order valence-electron chi connectivity index (χ4n) is 3.45. The summed E-state index contributed by atoms with van der Waals surface area (Å²) in [5, 5.41) is 6.91. The first-order chi connectivity index (χ1) is 10.7. The lowest BCUT2D eigenvalue weighted by Crippen LogP contribution is -2.47. The molecule has 2 saturated heterocycles. The van der Waals surface area contributed by atoms with Gasteiger partial charge in [0.2, 0.25) is 0 Å². The molecule has 128 valence electrons. The van der Waals surface area contributed by atoms with Crippen molar-refractivity contribution in [3.05, 3.63) is 35.4 Å². The summed E-state index contributed by atoms with van der Waals surface area (Å²) in [5.41, 5.74) is 2.66. The standard InChI is InChI=1S/C18H27N3O.HI/c1-3-19-18(21-16-12-15-7-8-17(16)22-15)20-10-9-14-6-4-5-13(2)11-14;/h4-6,11,15-17H,3,7-10,12H2,1-2H3,(H2,19,20,21);1H. The highest BCUT2D eigenvalue weighted by atomic mass is 127. The fraction of sp³-hybridized carbons (Fsp3) is 0.611. The Morgan fingerprint density at radius 1 is 1.35 bits per heavy atom. The minimum atomic E-state index is 0. The Kier molecular flexibility index (Phi) is 7.14. The first-order valence-electron chi connectivity index (χ1n) is 8.50. The van der Waals surface area contributed by atoms with Crippen LogP contribution in [0.4, 0.5) is 0 Å². The quantitative estimate of drug-likeness (QED) is 0.430. The topological polar surface area (TPSA) is 45.7 Å². The van der Waals surface area contributed by atoms with Gasteiger partial charge < -0.3 is 15.4 Å². The van der Waals surface area contributed by atoms with Crippen LogP contribution < -0.4 is 10.6 Å². The molecule has 2 N–H and O–H groups in total. The van der Waals surface area contributed by atoms with Gasteiger partial charge in [0.25, 0.3) is 0 Å². The number of benzene rings is 1. The number of aryl methyl sites for hydroxylation is 1. The molecule has 5 heteroatoms. The maximum atomic E-state index is 5.91. The van der Waals surface area contributed by atoms with E-state index < -0.39 is 0 Å². The molecule has 4 nitrogen and oxygen atoms in total. The van der Waals surface area contributed by atoms with Gasteiger partial charge in [0.05, 0.1) is 18.2 Å². The van der Waals surface area contributed by atoms with Crippen molar-refractivity contribution in [3.63, 3.8) is 0 Å². The van der Waals surface area contributed by atoms with Crippen LogP contribution in [0.3, 0.4) is 0 Å². The van der Waals surface area contributed by atoms with E-state index in [1.165, 1.54) is 24.0 Å². The minimum absolute atomic E-state index is 0. The molecule has 1 aromatic carbocycles. The third-order valence-electron chi connectivity index (χ3n) is 4.53. The van der Waals surface area contributed by atoms with Gasteiger partial charge in [-0.25, -0.2) is 0 Å². The fourth-order valence-corrected chi connectivity index (χ4v) is 3.45. The minimum Gasteiger partial charge on any atom is -0.373 e. The van der Waals surface area contributed by atoms with E-state index in [-0.39, 0.29) is 24.0 Å². The highest BCUT2D eigenvalue weighted by Crippen LogP contribution is 2.34. The molecule has 23 heavy (non-hydrogen) atoms. The average Bonchev–Trinajstić information content (AvgIpc) is 3.10. The molecule has 2 heterocycles. The Balaban J connectivity index is 0.00000192. The Bertz CT molecular complexity index is 535. The second-order valence-electron chi connectivity index (χ2n) is 6.36. The predicted octanol–water partition coefficient (Wildman–Crippen LogP) is 3.03. The normalized spacial score (nSPS) is 26.0. The van der Waals surface area contributed by atoms with Crippen molar-refractivity contribution in [3.8, 4) is 0 Å². The van der Waals surface area contributed by atoms with Gasteiger partial charge in [0.1, 0.15) is 0 Å². The molecule has 0 amide bonds. The van der Waals surface area contributed by atoms with Crippen LogP contribution in [0.2, 0.25) is 0 Å². The van der Waals surface area contributed by atoms with Gasteiger partial charge >= 0.3 is 0 Å². The SMILES string of the molecule is CCNC(=NCCc1cccc(C)c1)NC1CC2CCC1O2.I. The summed E-state index contributed by atoms with van der Waals surface area (Å²) in [4.78, 5) is 4.72. The molecule has 0 aromatic heterocycles. The van der Waals surface area contributed by atoms with Gasteiger partial charge in [-0.3, -0.25) is 4.99 Å². The van der Waals surface area contributed by atoms with E-state index in [1.807, 2.05) is 0 Å². The number of hydrogen-bond donors (Lipinski definition) is 2. The molecule has 2 aliphatic heterocycles. The highest BCUT2D eigenvalue weighted by Gasteiger charge is 2.41. The molecule has 2 aliphatic rings. The van der Waals surface area contributed by atoms with E-state index in [2.05, 4.69) is 48.7 Å². The highest BCUT2D eigenvalue weighted by molar-refractivity contribution is 14.0. The molecular formula is C18H28IN3O. The van der Waals surface area contributed by atoms with Crippen LogP contribution >= 0.6 is 24.0 Å². The number of fused-ring (bicyclic) bond motifs is 2. The zero-order chi connectivity index (χ0) is 15.4. The predicted molar refractivity (Wildman–Crippen MR) is 106 cm³/mol. The molecular weight excluding hydrogens is 401 g/mol. The van der Waals surface area contributed by atoms with E-state index in [0.29, 0.717) is 18.2 Å². The van der Waals surface area contributed by atoms with E-state index in [0.717, 1.165) is 31.9 Å². The summed E-state index contributed by atoms with van der Waals surface area (Å²) in [5.74, 6) is 0.927. The van der Waals surface area contributed by atoms with Gasteiger partial charge in [0, 0.05) is 13.1 Å². The number of aliphatic imine (C=N–C) groups is 1. The second-order valence-corrected chi connectivity index (χ2v) is 6.36. The Morgan fingerprint density at radius 3 is 2.87 bits per heavy atom. The Hall–Kier alpha value is -0.820. The number of nitrogens with one attached hydrogen (secondary N) is 2. The van der Waals surface area contributed by atoms with Crippen molar-refractivity contribution < 1.29 is 4.74 Å². The number of ether oxygens (including phenoxy) is 1. The van der Waals surface area contributed by atoms with Gasteiger partial charge in [-0.2, -0.15) is 0 Å². The van der Waals surface area contributed by atoms with Crippen LogP contribution in [-0.2, 0) is 11.2 Å². The lowest BCUT2D eigenvalue weighted by atomic mass is 9.96. The number of halogens is 1. The summed E-state index contributed by atoms with van der Waals surface area (Å²) in [6.45, 7) is 5.93. The number of nitrogens with zero attached hydrogens (tertiary/aromatic N) is 1. The zero-order valence-electron chi connectivity index (χ0n) is 14.0. The summed E-state index contributed by atoms with van der Waals surface area (Å²) in [7, 11) is 0. The van der Waals surface area contributed by atoms with Crippen LogP contribution in [0.15, 0.2) is 29.3 Å². The van der Waals surface area contributed by atoms with Crippen LogP contribution in [0.25, 0.3) is 0 Å². The third-order valence-corrected chi connectivity index (χ3v) is 4.53. The lowest BCUT2D eigenvalue weighted by Gasteiger charge is -2.22. The molecule has 0 saturated carbocycles. The Labute approximate surface area is 156 Å². The zero-order valence-corrected chi connectivity index (χ0v) is 16.4. The smallest absolute Gasteiger partial charge is 0.191 e. The van der Waals surface area contributed by atoms with Gasteiger partial charge in [0.15, 0.2) is 5.96 Å². The summed E-state index contributed by atoms with van der Waals surface area (Å²) >= 11 is 0. The van der Waals surface area contributed by atoms with Crippen molar-refractivity contribution >= 4 is 29.9 Å². The van der Waals surface area contributed by atoms with Crippen molar-refractivity contribution in [1.82, 2.24) is 10.6 Å². The van der Waals surface area contributed by atoms with Crippen molar-refractivity contribution in [2.24, 2.45) is 4.99 Å². The molecule has 3 unspecified atom stereocenters. The first-order valence-corrected chi connectivity index (χ1v) is 8.50. The van der Waals surface area contributed by atoms with Gasteiger partial charge in [-0.15, -0.1) is 24.0 Å². The molecule has 2 bridgehead atoms. The largest absolute Gasteiger partial charge is 0.373 e. The molecule has 0 aliphatic carbocycles. The summed E-state index contributed by atoms with van der Waals surface area (Å²) in [6.07, 6.45) is 5.36. The molecule has 3 rings (SSSR count). The molecule has 1 aromatic rings. The van der Waals surface area contributed by atoms with Crippen molar-refractivity contribution in [2.75, 3.05) is 13.1 Å². The maximum absolute atomic E-state index is 5.91. The number of hydrogen-bond acceptors (Lipinski definition) is 2. The van der Waals surface area contributed by atoms with Gasteiger partial charge in [-0.05, 0) is 45.1 Å². The number of guanidine groups is 1. The van der Waals surface area contributed by atoms with E-state index >= 15 is 0 Å². The second kappa shape index (κ2) is 8.87. The molecule has 3 atom stereocenters. The molecule has 2 fully saturated rings. The third kappa shape index (κ3) is 5.08. The average molecular weight is 429 g/mol. The number of rotatable bonds is 5. The van der Waals surface area contributed by atoms with E-state index in [1.54, 1.807) is 0 Å². The summed E-state index contributed by atoms with van der Waals surface area (Å²) in [6, 6.07) is 9.08. The van der Waals surface area contributed by atoms with Gasteiger partial charge in [-0.1, -0.05) is 29.8 Å². The Morgan fingerprint density at radius 2 is 2.22 bits per heavy atom. The van der Waals surface area contributed by atoms with E-state index in [4.69, 9.17) is 9.73 Å². The molecule has 0 spiro atoms. The van der Waals surface area contributed by atoms with Crippen LogP contribution in [0.5, 0.6) is 0 Å². The maximum Gasteiger partial charge on any atom is 0.191 e. The molecule has 0 radical (unpaired) electrons. The summed E-state index contributed by atoms with van der Waals surface area (Å²) < 4.78 is 5.91.